The van der Waals surface area contributed by atoms with Crippen molar-refractivity contribution < 1.29 is 20.1 Å². The normalized spacial score (nSPS) is 16.2. The van der Waals surface area contributed by atoms with E-state index in [1.54, 1.807) is 16.8 Å². The van der Waals surface area contributed by atoms with Crippen molar-refractivity contribution in [3.05, 3.63) is 18.6 Å². The summed E-state index contributed by atoms with van der Waals surface area (Å²) >= 11 is 0. The van der Waals surface area contributed by atoms with Gasteiger partial charge in [-0.15, -0.1) is 0 Å². The van der Waals surface area contributed by atoms with Crippen LogP contribution in [-0.4, -0.2) is 54.8 Å². The Kier molecular flexibility index (Phi) is 4.50. The van der Waals surface area contributed by atoms with Crippen molar-refractivity contribution >= 4 is 16.9 Å². The number of nitrogens with zero attached hydrogens (tertiary/aromatic N) is 3. The summed E-state index contributed by atoms with van der Waals surface area (Å²) in [6, 6.07) is 1.76. The monoisotopic (exact) mass is 282 g/mol. The van der Waals surface area contributed by atoms with Gasteiger partial charge in [0.05, 0.1) is 18.1 Å². The molecule has 3 atom stereocenters. The number of aliphatic hydroxyl groups is 3. The zero-order chi connectivity index (χ0) is 14.7. The smallest absolute Gasteiger partial charge is 0.147 e. The maximum Gasteiger partial charge on any atom is 0.147 e. The molecule has 2 rings (SSSR count). The second kappa shape index (κ2) is 6.14. The van der Waals surface area contributed by atoms with Crippen LogP contribution in [0.2, 0.25) is 0 Å². The van der Waals surface area contributed by atoms with Crippen LogP contribution < -0.4 is 5.73 Å². The van der Waals surface area contributed by atoms with Gasteiger partial charge >= 0.3 is 0 Å². The number of aliphatic hydroxyl groups excluding tert-OH is 3. The summed E-state index contributed by atoms with van der Waals surface area (Å²) in [5.41, 5.74) is 6.32. The average molecular weight is 282 g/mol. The molecule has 20 heavy (non-hydrogen) atoms. The summed E-state index contributed by atoms with van der Waals surface area (Å²) in [7, 11) is 0. The van der Waals surface area contributed by atoms with Crippen molar-refractivity contribution in [3.8, 4) is 0 Å². The highest BCUT2D eigenvalue weighted by atomic mass is 16.5. The third-order valence-corrected chi connectivity index (χ3v) is 3.07. The molecule has 0 saturated carbocycles. The van der Waals surface area contributed by atoms with E-state index >= 15 is 0 Å². The molecule has 0 fully saturated rings. The van der Waals surface area contributed by atoms with E-state index in [2.05, 4.69) is 9.97 Å². The zero-order valence-electron chi connectivity index (χ0n) is 11.0. The van der Waals surface area contributed by atoms with Crippen LogP contribution >= 0.6 is 0 Å². The van der Waals surface area contributed by atoms with Crippen LogP contribution in [0.3, 0.4) is 0 Å². The average Bonchev–Trinajstić information content (AvgIpc) is 2.84. The SMILES string of the molecule is CC(O)C(O)[C@@H](CO)OCn1ccc2c(N)ncnc21. The van der Waals surface area contributed by atoms with E-state index < -0.39 is 24.9 Å². The highest BCUT2D eigenvalue weighted by Crippen LogP contribution is 2.18. The van der Waals surface area contributed by atoms with Gasteiger partial charge in [0.2, 0.25) is 0 Å². The van der Waals surface area contributed by atoms with Gasteiger partial charge in [0, 0.05) is 6.20 Å². The molecule has 5 N–H and O–H groups in total. The Morgan fingerprint density at radius 1 is 1.40 bits per heavy atom. The van der Waals surface area contributed by atoms with Crippen LogP contribution in [0.15, 0.2) is 18.6 Å². The number of nitrogen functional groups attached to an aromatic ring is 1. The number of aromatic nitrogens is 3. The van der Waals surface area contributed by atoms with Crippen LogP contribution in [0, 0.1) is 0 Å². The number of fused-ring (bicyclic) bond motifs is 1. The van der Waals surface area contributed by atoms with Crippen LogP contribution in [0.25, 0.3) is 11.0 Å². The first-order chi connectivity index (χ1) is 9.54. The molecule has 110 valence electrons. The lowest BCUT2D eigenvalue weighted by Gasteiger charge is -2.23. The minimum atomic E-state index is -1.17. The highest BCUT2D eigenvalue weighted by molar-refractivity contribution is 5.85. The Hall–Kier alpha value is -1.74. The van der Waals surface area contributed by atoms with E-state index in [4.69, 9.17) is 10.5 Å². The number of anilines is 1. The lowest BCUT2D eigenvalue weighted by molar-refractivity contribution is -0.119. The summed E-state index contributed by atoms with van der Waals surface area (Å²) in [4.78, 5) is 7.99. The molecule has 0 spiro atoms. The molecule has 8 heteroatoms. The van der Waals surface area contributed by atoms with Crippen molar-refractivity contribution in [3.63, 3.8) is 0 Å². The molecule has 2 aromatic heterocycles. The Balaban J connectivity index is 2.11. The number of hydrogen-bond donors (Lipinski definition) is 4. The van der Waals surface area contributed by atoms with Gasteiger partial charge in [-0.1, -0.05) is 0 Å². The lowest BCUT2D eigenvalue weighted by atomic mass is 10.1. The molecule has 8 nitrogen and oxygen atoms in total. The van der Waals surface area contributed by atoms with E-state index in [9.17, 15) is 15.3 Å². The molecule has 0 radical (unpaired) electrons. The van der Waals surface area contributed by atoms with Gasteiger partial charge in [0.1, 0.15) is 36.7 Å². The Morgan fingerprint density at radius 3 is 2.80 bits per heavy atom. The molecule has 0 aliphatic rings. The van der Waals surface area contributed by atoms with Crippen molar-refractivity contribution in [1.29, 1.82) is 0 Å². The fourth-order valence-electron chi connectivity index (χ4n) is 1.87. The quantitative estimate of drug-likeness (QED) is 0.540. The van der Waals surface area contributed by atoms with Gasteiger partial charge in [-0.3, -0.25) is 0 Å². The van der Waals surface area contributed by atoms with E-state index in [0.717, 1.165) is 0 Å². The fourth-order valence-corrected chi connectivity index (χ4v) is 1.87. The molecule has 2 heterocycles. The molecular weight excluding hydrogens is 264 g/mol. The van der Waals surface area contributed by atoms with Gasteiger partial charge < -0.3 is 30.4 Å². The molecule has 0 amide bonds. The summed E-state index contributed by atoms with van der Waals surface area (Å²) in [5.74, 6) is 0.372. The second-order valence-corrected chi connectivity index (χ2v) is 4.53. The number of hydrogen-bond acceptors (Lipinski definition) is 7. The van der Waals surface area contributed by atoms with Crippen LogP contribution in [0.5, 0.6) is 0 Å². The number of nitrogens with two attached hydrogens (primary N) is 1. The lowest BCUT2D eigenvalue weighted by Crippen LogP contribution is -2.40. The molecule has 2 unspecified atom stereocenters. The summed E-state index contributed by atoms with van der Waals surface area (Å²) in [5, 5.41) is 28.9. The first-order valence-electron chi connectivity index (χ1n) is 6.18. The maximum atomic E-state index is 9.68. The second-order valence-electron chi connectivity index (χ2n) is 4.53. The summed E-state index contributed by atoms with van der Waals surface area (Å²) in [6.45, 7) is 1.09. The molecule has 0 aliphatic heterocycles. The fraction of sp³-hybridized carbons (Fsp3) is 0.500. The van der Waals surface area contributed by atoms with Crippen LogP contribution in [0.1, 0.15) is 6.92 Å². The Bertz CT molecular complexity index is 572. The van der Waals surface area contributed by atoms with Crippen molar-refractivity contribution in [2.75, 3.05) is 12.3 Å². The van der Waals surface area contributed by atoms with Gasteiger partial charge in [-0.05, 0) is 13.0 Å². The van der Waals surface area contributed by atoms with Gasteiger partial charge in [0.15, 0.2) is 0 Å². The van der Waals surface area contributed by atoms with E-state index in [1.165, 1.54) is 13.3 Å². The topological polar surface area (TPSA) is 127 Å². The van der Waals surface area contributed by atoms with Gasteiger partial charge in [-0.2, -0.15) is 0 Å². The predicted molar refractivity (Wildman–Crippen MR) is 71.6 cm³/mol. The molecule has 0 saturated heterocycles. The number of rotatable bonds is 6. The highest BCUT2D eigenvalue weighted by Gasteiger charge is 2.23. The van der Waals surface area contributed by atoms with E-state index in [1.807, 2.05) is 0 Å². The first kappa shape index (κ1) is 14.7. The van der Waals surface area contributed by atoms with Crippen molar-refractivity contribution in [2.24, 2.45) is 0 Å². The van der Waals surface area contributed by atoms with Crippen LogP contribution in [0.4, 0.5) is 5.82 Å². The predicted octanol–water partition coefficient (Wildman–Crippen LogP) is -0.910. The molecular formula is C12H18N4O4. The van der Waals surface area contributed by atoms with E-state index in [-0.39, 0.29) is 6.73 Å². The molecule has 0 aliphatic carbocycles. The third-order valence-electron chi connectivity index (χ3n) is 3.07. The van der Waals surface area contributed by atoms with Crippen LogP contribution in [-0.2, 0) is 11.5 Å². The minimum absolute atomic E-state index is 0.0644. The minimum Gasteiger partial charge on any atom is -0.394 e. The van der Waals surface area contributed by atoms with Gasteiger partial charge in [-0.25, -0.2) is 9.97 Å². The largest absolute Gasteiger partial charge is 0.394 e. The maximum absolute atomic E-state index is 9.68. The van der Waals surface area contributed by atoms with Crippen molar-refractivity contribution in [2.45, 2.75) is 32.0 Å². The first-order valence-corrected chi connectivity index (χ1v) is 6.18. The Labute approximate surface area is 115 Å². The van der Waals surface area contributed by atoms with Crippen molar-refractivity contribution in [1.82, 2.24) is 14.5 Å². The zero-order valence-corrected chi connectivity index (χ0v) is 11.0. The Morgan fingerprint density at radius 2 is 2.15 bits per heavy atom. The standard InChI is InChI=1S/C12H18N4O4/c1-7(18)10(19)9(4-17)20-6-16-3-2-8-11(13)14-5-15-12(8)16/h2-3,5,7,9-10,17-19H,4,6H2,1H3,(H2,13,14,15)/t7?,9-,10?/m1/s1. The summed E-state index contributed by atoms with van der Waals surface area (Å²) in [6.07, 6.45) is 0.0287. The summed E-state index contributed by atoms with van der Waals surface area (Å²) < 4.78 is 7.08. The molecule has 0 aromatic carbocycles. The number of ether oxygens (including phenoxy) is 1. The third kappa shape index (κ3) is 2.88. The van der Waals surface area contributed by atoms with E-state index in [0.29, 0.717) is 16.9 Å². The molecule has 2 aromatic rings. The van der Waals surface area contributed by atoms with Gasteiger partial charge in [0.25, 0.3) is 0 Å². The molecule has 0 bridgehead atoms.